The van der Waals surface area contributed by atoms with E-state index in [0.717, 1.165) is 26.8 Å². The molecule has 0 radical (unpaired) electrons. The topological polar surface area (TPSA) is 38.3 Å². The lowest BCUT2D eigenvalue weighted by atomic mass is 9.78. The van der Waals surface area contributed by atoms with Crippen LogP contribution in [0.15, 0.2) is 24.8 Å². The maximum atomic E-state index is 15.8. The smallest absolute Gasteiger partial charge is 0.298 e. The molecule has 0 aliphatic heterocycles. The van der Waals surface area contributed by atoms with Crippen molar-refractivity contribution in [1.29, 1.82) is 0 Å². The first-order valence-electron chi connectivity index (χ1n) is 8.48. The first kappa shape index (κ1) is 25.5. The quantitative estimate of drug-likeness (QED) is 0.208. The molecule has 0 saturated carbocycles. The highest BCUT2D eigenvalue weighted by molar-refractivity contribution is 14.1. The van der Waals surface area contributed by atoms with Crippen molar-refractivity contribution in [3.05, 3.63) is 45.6 Å². The predicted molar refractivity (Wildman–Crippen MR) is 113 cm³/mol. The summed E-state index contributed by atoms with van der Waals surface area (Å²) in [6, 6.07) is 1.54. The minimum Gasteiger partial charge on any atom is -0.365 e. The molecule has 160 valence electrons. The van der Waals surface area contributed by atoms with Gasteiger partial charge in [-0.2, -0.15) is 0 Å². The van der Waals surface area contributed by atoms with E-state index in [2.05, 4.69) is 11.3 Å². The fraction of sp³-hybridized carbons (Fsp3) is 0.579. The van der Waals surface area contributed by atoms with E-state index in [4.69, 9.17) is 4.74 Å². The highest BCUT2D eigenvalue weighted by Gasteiger charge is 2.63. The van der Waals surface area contributed by atoms with Gasteiger partial charge >= 0.3 is 0 Å². The fourth-order valence-corrected chi connectivity index (χ4v) is 3.87. The lowest BCUT2D eigenvalue weighted by molar-refractivity contribution is -0.224. The summed E-state index contributed by atoms with van der Waals surface area (Å²) in [5, 5.41) is 0. The predicted octanol–water partition coefficient (Wildman–Crippen LogP) is 5.45. The monoisotopic (exact) mass is 535 g/mol. The lowest BCUT2D eigenvalue weighted by Crippen LogP contribution is -2.65. The molecule has 1 rings (SSSR count). The summed E-state index contributed by atoms with van der Waals surface area (Å²) in [5.41, 5.74) is -5.05. The zero-order valence-electron chi connectivity index (χ0n) is 16.8. The second kappa shape index (κ2) is 8.69. The summed E-state index contributed by atoms with van der Waals surface area (Å²) < 4.78 is 79.5. The summed E-state index contributed by atoms with van der Waals surface area (Å²) in [6.07, 6.45) is 1.32. The Kier molecular flexibility index (Phi) is 7.92. The van der Waals surface area contributed by atoms with E-state index in [1.54, 1.807) is 43.4 Å². The van der Waals surface area contributed by atoms with Gasteiger partial charge in [0, 0.05) is 15.2 Å². The molecule has 1 aromatic carbocycles. The van der Waals surface area contributed by atoms with Crippen molar-refractivity contribution >= 4 is 33.6 Å². The zero-order valence-corrected chi connectivity index (χ0v) is 19.7. The molecule has 1 N–H and O–H groups in total. The molecule has 1 aromatic rings. The number of halogens is 5. The molecule has 3 nitrogen and oxygen atoms in total. The summed E-state index contributed by atoms with van der Waals surface area (Å²) in [7, 11) is -1.98. The number of hydrogen-bond acceptors (Lipinski definition) is 2. The molecule has 0 heterocycles. The molecule has 0 amide bonds. The van der Waals surface area contributed by atoms with Crippen LogP contribution in [0.3, 0.4) is 0 Å². The summed E-state index contributed by atoms with van der Waals surface area (Å²) in [4.78, 5) is 0. The molecular weight excluding hydrogens is 509 g/mol. The van der Waals surface area contributed by atoms with Gasteiger partial charge in [-0.15, -0.1) is 6.58 Å². The van der Waals surface area contributed by atoms with Crippen molar-refractivity contribution in [3.63, 3.8) is 0 Å². The maximum absolute atomic E-state index is 15.8. The lowest BCUT2D eigenvalue weighted by Gasteiger charge is -2.46. The van der Waals surface area contributed by atoms with Gasteiger partial charge in [0.1, 0.15) is 22.8 Å². The molecule has 0 unspecified atom stereocenters. The molecule has 0 aliphatic carbocycles. The van der Waals surface area contributed by atoms with Crippen molar-refractivity contribution in [2.75, 3.05) is 6.61 Å². The molecule has 9 heteroatoms. The third-order valence-electron chi connectivity index (χ3n) is 4.35. The van der Waals surface area contributed by atoms with Crippen LogP contribution in [0, 0.1) is 15.2 Å². The standard InChI is InChI=1S/C19H26F4INO2S/c1-8-9-27-17(5,6)19(22,23)18(7,25-28(26)16(2,3)4)12-10-15(24)14(21)11-13(12)20/h8,10-11,25H,1,9H2,2-7H3/t18-,28+/m1/s1. The molecule has 0 aliphatic rings. The largest absolute Gasteiger partial charge is 0.365 e. The van der Waals surface area contributed by atoms with E-state index in [1.807, 2.05) is 0 Å². The van der Waals surface area contributed by atoms with E-state index in [9.17, 15) is 13.0 Å². The van der Waals surface area contributed by atoms with E-state index >= 15 is 8.78 Å². The zero-order chi connectivity index (χ0) is 22.1. The van der Waals surface area contributed by atoms with Crippen LogP contribution >= 0.6 is 22.6 Å². The highest BCUT2D eigenvalue weighted by Crippen LogP contribution is 2.48. The van der Waals surface area contributed by atoms with Crippen molar-refractivity contribution in [3.8, 4) is 0 Å². The average Bonchev–Trinajstić information content (AvgIpc) is 2.54. The molecular formula is C19H26F4INO2S. The van der Waals surface area contributed by atoms with Gasteiger partial charge in [0.25, 0.3) is 5.92 Å². The van der Waals surface area contributed by atoms with Crippen molar-refractivity contribution in [2.24, 2.45) is 0 Å². The Labute approximate surface area is 180 Å². The Morgan fingerprint density at radius 2 is 1.68 bits per heavy atom. The van der Waals surface area contributed by atoms with Gasteiger partial charge in [-0.05, 0) is 70.2 Å². The maximum Gasteiger partial charge on any atom is 0.298 e. The van der Waals surface area contributed by atoms with Crippen molar-refractivity contribution in [1.82, 2.24) is 4.72 Å². The van der Waals surface area contributed by atoms with Crippen LogP contribution in [0.25, 0.3) is 0 Å². The first-order valence-corrected chi connectivity index (χ1v) is 10.7. The van der Waals surface area contributed by atoms with Gasteiger partial charge in [-0.25, -0.2) is 26.5 Å². The van der Waals surface area contributed by atoms with Crippen LogP contribution < -0.4 is 4.72 Å². The van der Waals surface area contributed by atoms with Crippen LogP contribution in [-0.2, 0) is 21.3 Å². The first-order chi connectivity index (χ1) is 12.5. The minimum absolute atomic E-state index is 0.0378. The average molecular weight is 535 g/mol. The van der Waals surface area contributed by atoms with Gasteiger partial charge in [0.15, 0.2) is 0 Å². The Morgan fingerprint density at radius 1 is 1.14 bits per heavy atom. The van der Waals surface area contributed by atoms with E-state index < -0.39 is 50.0 Å². The van der Waals surface area contributed by atoms with Crippen LogP contribution in [0.4, 0.5) is 17.6 Å². The molecule has 28 heavy (non-hydrogen) atoms. The second-order valence-electron chi connectivity index (χ2n) is 8.04. The number of benzene rings is 1. The number of nitrogens with one attached hydrogen (secondary N) is 1. The number of hydrogen-bond donors (Lipinski definition) is 1. The Bertz CT molecular complexity index is 765. The second-order valence-corrected chi connectivity index (χ2v) is 11.2. The van der Waals surface area contributed by atoms with Crippen molar-refractivity contribution in [2.45, 2.75) is 63.4 Å². The molecule has 0 bridgehead atoms. The summed E-state index contributed by atoms with van der Waals surface area (Å²) in [6.45, 7) is 11.4. The van der Waals surface area contributed by atoms with E-state index in [1.165, 1.54) is 6.08 Å². The van der Waals surface area contributed by atoms with Gasteiger partial charge in [-0.3, -0.25) is 0 Å². The molecule has 0 saturated heterocycles. The number of rotatable bonds is 8. The molecule has 0 spiro atoms. The van der Waals surface area contributed by atoms with Gasteiger partial charge in [0.05, 0.1) is 22.3 Å². The Hall–Kier alpha value is -0.520. The SMILES string of the molecule is C=CCOC(C)(C)C(F)(F)[C@](C)(N[S@@](=O)C(C)(C)C)c1cc(I)c(F)cc1F. The highest BCUT2D eigenvalue weighted by atomic mass is 127. The number of ether oxygens (including phenoxy) is 1. The van der Waals surface area contributed by atoms with Gasteiger partial charge < -0.3 is 4.74 Å². The third kappa shape index (κ3) is 4.96. The fourth-order valence-electron chi connectivity index (χ4n) is 2.49. The Balaban J connectivity index is 3.72. The van der Waals surface area contributed by atoms with Crippen LogP contribution in [-0.4, -0.2) is 27.1 Å². The van der Waals surface area contributed by atoms with Gasteiger partial charge in [-0.1, -0.05) is 6.08 Å². The summed E-state index contributed by atoms with van der Waals surface area (Å²) in [5.74, 6) is -5.80. The van der Waals surface area contributed by atoms with E-state index in [0.29, 0.717) is 6.07 Å². The normalized spacial score (nSPS) is 16.5. The molecule has 0 aromatic heterocycles. The minimum atomic E-state index is -3.76. The van der Waals surface area contributed by atoms with E-state index in [-0.39, 0.29) is 10.2 Å². The summed E-state index contributed by atoms with van der Waals surface area (Å²) >= 11 is 1.59. The number of alkyl halides is 2. The van der Waals surface area contributed by atoms with Crippen LogP contribution in [0.5, 0.6) is 0 Å². The van der Waals surface area contributed by atoms with Crippen LogP contribution in [0.1, 0.15) is 47.1 Å². The molecule has 2 atom stereocenters. The van der Waals surface area contributed by atoms with Gasteiger partial charge in [0.2, 0.25) is 0 Å². The molecule has 0 fully saturated rings. The van der Waals surface area contributed by atoms with Crippen LogP contribution in [0.2, 0.25) is 0 Å². The van der Waals surface area contributed by atoms with Crippen molar-refractivity contribution < 1.29 is 26.5 Å². The Morgan fingerprint density at radius 3 is 2.14 bits per heavy atom. The third-order valence-corrected chi connectivity index (χ3v) is 6.88.